The number of nitrogens with one attached hydrogen (secondary N) is 1. The highest BCUT2D eigenvalue weighted by Crippen LogP contribution is 2.76. The molecule has 2 aromatic heterocycles. The summed E-state index contributed by atoms with van der Waals surface area (Å²) in [5, 5.41) is 16.8. The number of benzene rings is 1. The van der Waals surface area contributed by atoms with E-state index in [-0.39, 0.29) is 16.4 Å². The van der Waals surface area contributed by atoms with Gasteiger partial charge in [0.05, 0.1) is 11.3 Å². The molecule has 0 spiro atoms. The van der Waals surface area contributed by atoms with E-state index in [1.807, 2.05) is 30.5 Å². The lowest BCUT2D eigenvalue weighted by Crippen LogP contribution is -2.66. The second-order valence-electron chi connectivity index (χ2n) is 17.1. The van der Waals surface area contributed by atoms with E-state index in [1.165, 1.54) is 68.9 Å². The minimum atomic E-state index is -0.858. The lowest BCUT2D eigenvalue weighted by atomic mass is 9.33. The monoisotopic (exact) mass is 649 g/mol. The predicted octanol–water partition coefficient (Wildman–Crippen LogP) is 10.6. The Morgan fingerprint density at radius 2 is 1.66 bits per heavy atom. The Hall–Kier alpha value is -2.99. The van der Waals surface area contributed by atoms with Crippen LogP contribution in [0, 0.1) is 45.3 Å². The Bertz CT molecular complexity index is 1710. The van der Waals surface area contributed by atoms with Gasteiger partial charge in [-0.15, -0.1) is 11.3 Å². The number of hydrogen-bond acceptors (Lipinski definition) is 5. The van der Waals surface area contributed by atoms with Crippen molar-refractivity contribution in [3.63, 3.8) is 0 Å². The van der Waals surface area contributed by atoms with Gasteiger partial charge in [0, 0.05) is 17.1 Å². The number of hydrogen-bond donors (Lipinski definition) is 2. The van der Waals surface area contributed by atoms with Crippen LogP contribution in [-0.2, 0) is 0 Å². The highest BCUT2D eigenvalue weighted by molar-refractivity contribution is 7.14. The van der Waals surface area contributed by atoms with E-state index in [1.54, 1.807) is 23.5 Å². The first kappa shape index (κ1) is 31.3. The van der Waals surface area contributed by atoms with Gasteiger partial charge in [0.25, 0.3) is 0 Å². The molecule has 5 aliphatic rings. The number of aromatic nitrogens is 2. The molecule has 1 aromatic carbocycles. The van der Waals surface area contributed by atoms with Gasteiger partial charge in [0.1, 0.15) is 5.69 Å². The summed E-state index contributed by atoms with van der Waals surface area (Å²) in [7, 11) is 0. The zero-order valence-corrected chi connectivity index (χ0v) is 29.6. The van der Waals surface area contributed by atoms with Gasteiger partial charge in [-0.25, -0.2) is 9.78 Å². The van der Waals surface area contributed by atoms with Crippen molar-refractivity contribution in [3.8, 4) is 11.4 Å². The molecule has 248 valence electrons. The van der Waals surface area contributed by atoms with Crippen molar-refractivity contribution in [2.75, 3.05) is 5.32 Å². The lowest BCUT2D eigenvalue weighted by molar-refractivity contribution is -0.213. The third kappa shape index (κ3) is 4.48. The predicted molar refractivity (Wildman–Crippen MR) is 191 cm³/mol. The molecular formula is C41H51N3O2S. The van der Waals surface area contributed by atoms with Gasteiger partial charge in [-0.05, 0) is 139 Å². The van der Waals surface area contributed by atoms with Crippen LogP contribution in [0.2, 0.25) is 0 Å². The van der Waals surface area contributed by atoms with Gasteiger partial charge >= 0.3 is 5.97 Å². The van der Waals surface area contributed by atoms with Crippen LogP contribution in [0.5, 0.6) is 0 Å². The molecule has 2 N–H and O–H groups in total. The number of aromatic carboxylic acids is 1. The molecule has 2 heterocycles. The summed E-state index contributed by atoms with van der Waals surface area (Å²) in [6, 6.07) is 13.7. The van der Waals surface area contributed by atoms with E-state index in [0.29, 0.717) is 34.1 Å². The molecule has 5 aliphatic carbocycles. The first-order valence-electron chi connectivity index (χ1n) is 18.1. The lowest BCUT2D eigenvalue weighted by Gasteiger charge is -2.72. The van der Waals surface area contributed by atoms with E-state index < -0.39 is 5.97 Å². The van der Waals surface area contributed by atoms with E-state index >= 15 is 0 Å². The van der Waals surface area contributed by atoms with Crippen LogP contribution in [0.4, 0.5) is 5.13 Å². The minimum Gasteiger partial charge on any atom is -0.478 e. The largest absolute Gasteiger partial charge is 0.478 e. The molecule has 6 heteroatoms. The molecule has 4 fully saturated rings. The average molecular weight is 650 g/mol. The van der Waals surface area contributed by atoms with Crippen LogP contribution < -0.4 is 5.32 Å². The highest BCUT2D eigenvalue weighted by Gasteiger charge is 2.69. The Kier molecular flexibility index (Phi) is 7.16. The fourth-order valence-corrected chi connectivity index (χ4v) is 13.7. The number of rotatable bonds is 5. The molecule has 3 aromatic rings. The van der Waals surface area contributed by atoms with Crippen molar-refractivity contribution in [1.82, 2.24) is 9.97 Å². The van der Waals surface area contributed by atoms with Crippen molar-refractivity contribution in [3.05, 3.63) is 71.2 Å². The molecule has 47 heavy (non-hydrogen) atoms. The summed E-state index contributed by atoms with van der Waals surface area (Å²) in [5.41, 5.74) is 6.02. The second kappa shape index (κ2) is 10.8. The number of pyridine rings is 1. The Morgan fingerprint density at radius 1 is 0.851 bits per heavy atom. The first-order valence-corrected chi connectivity index (χ1v) is 19.0. The van der Waals surface area contributed by atoms with Gasteiger partial charge in [0.15, 0.2) is 5.13 Å². The van der Waals surface area contributed by atoms with Gasteiger partial charge < -0.3 is 10.4 Å². The van der Waals surface area contributed by atoms with Gasteiger partial charge in [-0.2, -0.15) is 0 Å². The van der Waals surface area contributed by atoms with Crippen LogP contribution in [0.25, 0.3) is 17.0 Å². The molecule has 0 aliphatic heterocycles. The Labute approximate surface area is 284 Å². The summed E-state index contributed by atoms with van der Waals surface area (Å²) in [5.74, 6) is 1.92. The zero-order chi connectivity index (χ0) is 32.8. The second-order valence-corrected chi connectivity index (χ2v) is 18.0. The Balaban J connectivity index is 1.07. The summed E-state index contributed by atoms with van der Waals surface area (Å²) in [6.45, 7) is 13.0. The normalized spacial score (nSPS) is 38.7. The summed E-state index contributed by atoms with van der Waals surface area (Å²) >= 11 is 1.75. The van der Waals surface area contributed by atoms with Crippen molar-refractivity contribution in [1.29, 1.82) is 0 Å². The topological polar surface area (TPSA) is 75.1 Å². The molecule has 0 saturated heterocycles. The molecular weight excluding hydrogens is 599 g/mol. The van der Waals surface area contributed by atoms with Crippen LogP contribution >= 0.6 is 11.3 Å². The highest BCUT2D eigenvalue weighted by atomic mass is 32.1. The molecule has 0 bridgehead atoms. The van der Waals surface area contributed by atoms with E-state index in [4.69, 9.17) is 4.98 Å². The number of carboxylic acid groups (broad SMARTS) is 1. The zero-order valence-electron chi connectivity index (χ0n) is 28.8. The number of thiazole rings is 1. The van der Waals surface area contributed by atoms with Crippen molar-refractivity contribution in [2.24, 2.45) is 45.3 Å². The van der Waals surface area contributed by atoms with Crippen LogP contribution in [0.1, 0.15) is 115 Å². The van der Waals surface area contributed by atoms with E-state index in [0.717, 1.165) is 28.9 Å². The molecule has 0 amide bonds. The van der Waals surface area contributed by atoms with E-state index in [2.05, 4.69) is 62.4 Å². The summed E-state index contributed by atoms with van der Waals surface area (Å²) < 4.78 is 0. The molecule has 8 rings (SSSR count). The third-order valence-electron chi connectivity index (χ3n) is 15.2. The number of allylic oxidation sites excluding steroid dienone is 2. The number of carbonyl (C=O) groups is 1. The van der Waals surface area contributed by atoms with Crippen molar-refractivity contribution in [2.45, 2.75) is 104 Å². The number of carboxylic acids is 1. The number of nitrogens with zero attached hydrogens (tertiary/aromatic N) is 2. The maximum atomic E-state index is 11.5. The van der Waals surface area contributed by atoms with Crippen LogP contribution in [0.15, 0.2) is 60.1 Å². The minimum absolute atomic E-state index is 0.0374. The first-order chi connectivity index (χ1) is 22.4. The van der Waals surface area contributed by atoms with Gasteiger partial charge in [0.2, 0.25) is 0 Å². The van der Waals surface area contributed by atoms with Crippen molar-refractivity contribution < 1.29 is 9.90 Å². The maximum Gasteiger partial charge on any atom is 0.335 e. The van der Waals surface area contributed by atoms with Crippen LogP contribution in [0.3, 0.4) is 0 Å². The summed E-state index contributed by atoms with van der Waals surface area (Å²) in [6.07, 6.45) is 17.2. The number of fused-ring (bicyclic) bond motifs is 7. The van der Waals surface area contributed by atoms with E-state index in [9.17, 15) is 9.90 Å². The molecule has 5 nitrogen and oxygen atoms in total. The molecule has 8 atom stereocenters. The fraction of sp³-hybridized carbons (Fsp3) is 0.585. The number of anilines is 1. The standard InChI is InChI=1S/C41H51N3O2S/c1-37(2)28(26-11-13-27(14-12-26)35(45)46)17-20-38(3)33(37)18-21-40(5)34(38)16-15-29-30-9-8-19-41(30,23-22-39(29,40)4)44-36-43-32(25-47-36)31-10-6-7-24-42-31/h6-7,10-14,17,24-25,29-30,33-34H,8-9,15-16,18-23H2,1-5H3,(H,43,44)(H,45,46)/t29-,30?,33?,34?,38+,39-,40-,41+/m1/s1. The quantitative estimate of drug-likeness (QED) is 0.288. The average Bonchev–Trinajstić information content (AvgIpc) is 3.69. The summed E-state index contributed by atoms with van der Waals surface area (Å²) in [4.78, 5) is 21.1. The Morgan fingerprint density at radius 3 is 2.40 bits per heavy atom. The maximum absolute atomic E-state index is 11.5. The van der Waals surface area contributed by atoms with Gasteiger partial charge in [-0.3, -0.25) is 4.98 Å². The third-order valence-corrected chi connectivity index (χ3v) is 15.9. The molecule has 3 unspecified atom stereocenters. The smallest absolute Gasteiger partial charge is 0.335 e. The molecule has 0 radical (unpaired) electrons. The van der Waals surface area contributed by atoms with Gasteiger partial charge in [-0.1, -0.05) is 65.3 Å². The van der Waals surface area contributed by atoms with Crippen molar-refractivity contribution >= 4 is 28.0 Å². The van der Waals surface area contributed by atoms with Crippen LogP contribution in [-0.4, -0.2) is 26.6 Å². The SMILES string of the molecule is CC1(C)C(c2ccc(C(=O)O)cc2)=CC[C@@]2(C)C1CC[C@]1(C)C2CC[C@@H]2C3CCC[C@]3(Nc3nc(-c4ccccn4)cs3)CC[C@]21C. The fourth-order valence-electron chi connectivity index (χ4n) is 12.9. The molecule has 4 saturated carbocycles.